The molecule has 0 fully saturated rings. The molecule has 2 aromatic carbocycles. The number of para-hydroxylation sites is 1. The molecule has 1 N–H and O–H groups in total. The maximum Gasteiger partial charge on any atom is 0.165 e. The third-order valence-electron chi connectivity index (χ3n) is 4.78. The van der Waals surface area contributed by atoms with Crippen molar-refractivity contribution in [1.82, 2.24) is 15.0 Å². The predicted octanol–water partition coefficient (Wildman–Crippen LogP) is 4.73. The molecule has 5 heteroatoms. The molecule has 0 unspecified atom stereocenters. The van der Waals surface area contributed by atoms with Crippen molar-refractivity contribution in [1.29, 1.82) is 0 Å². The van der Waals surface area contributed by atoms with Gasteiger partial charge in [0.1, 0.15) is 11.6 Å². The van der Waals surface area contributed by atoms with Crippen LogP contribution in [0, 0.1) is 6.92 Å². The van der Waals surface area contributed by atoms with Crippen molar-refractivity contribution in [3.8, 4) is 17.1 Å². The number of aromatic hydroxyl groups is 1. The van der Waals surface area contributed by atoms with Crippen molar-refractivity contribution in [2.75, 3.05) is 11.4 Å². The van der Waals surface area contributed by atoms with Crippen molar-refractivity contribution >= 4 is 16.7 Å². The topological polar surface area (TPSA) is 62.1 Å². The van der Waals surface area contributed by atoms with E-state index in [0.29, 0.717) is 11.4 Å². The van der Waals surface area contributed by atoms with E-state index in [9.17, 15) is 5.11 Å². The lowest BCUT2D eigenvalue weighted by molar-refractivity contribution is 0.477. The van der Waals surface area contributed by atoms with E-state index in [-0.39, 0.29) is 5.75 Å². The molecule has 28 heavy (non-hydrogen) atoms. The third-order valence-corrected chi connectivity index (χ3v) is 4.78. The van der Waals surface area contributed by atoms with Crippen LogP contribution in [-0.2, 0) is 6.54 Å². The summed E-state index contributed by atoms with van der Waals surface area (Å²) < 4.78 is 0. The zero-order valence-electron chi connectivity index (χ0n) is 16.0. The van der Waals surface area contributed by atoms with Crippen LogP contribution in [0.3, 0.4) is 0 Å². The number of pyridine rings is 1. The van der Waals surface area contributed by atoms with Crippen molar-refractivity contribution < 1.29 is 5.11 Å². The Morgan fingerprint density at radius 1 is 0.964 bits per heavy atom. The number of benzene rings is 2. The number of hydrogen-bond acceptors (Lipinski definition) is 5. The Labute approximate surface area is 164 Å². The predicted molar refractivity (Wildman–Crippen MR) is 112 cm³/mol. The molecule has 0 aliphatic rings. The molecule has 0 saturated carbocycles. The molecule has 0 aliphatic carbocycles. The van der Waals surface area contributed by atoms with Crippen LogP contribution < -0.4 is 4.90 Å². The van der Waals surface area contributed by atoms with Crippen molar-refractivity contribution in [3.63, 3.8) is 0 Å². The van der Waals surface area contributed by atoms with Crippen LogP contribution in [0.4, 0.5) is 5.82 Å². The largest absolute Gasteiger partial charge is 0.507 e. The summed E-state index contributed by atoms with van der Waals surface area (Å²) in [4.78, 5) is 15.9. The minimum absolute atomic E-state index is 0.178. The Balaban J connectivity index is 1.89. The van der Waals surface area contributed by atoms with Gasteiger partial charge in [0.05, 0.1) is 11.1 Å². The van der Waals surface area contributed by atoms with Gasteiger partial charge in [0.25, 0.3) is 0 Å². The van der Waals surface area contributed by atoms with E-state index in [0.717, 1.165) is 35.4 Å². The van der Waals surface area contributed by atoms with Gasteiger partial charge in [-0.05, 0) is 61.4 Å². The highest BCUT2D eigenvalue weighted by Crippen LogP contribution is 2.32. The van der Waals surface area contributed by atoms with Crippen LogP contribution in [0.2, 0.25) is 0 Å². The molecule has 5 nitrogen and oxygen atoms in total. The van der Waals surface area contributed by atoms with Crippen LogP contribution in [0.25, 0.3) is 22.3 Å². The lowest BCUT2D eigenvalue weighted by atomic mass is 10.1. The van der Waals surface area contributed by atoms with Gasteiger partial charge in [0, 0.05) is 30.9 Å². The normalized spacial score (nSPS) is 10.9. The molecule has 0 bridgehead atoms. The van der Waals surface area contributed by atoms with Gasteiger partial charge in [-0.3, -0.25) is 4.98 Å². The average Bonchev–Trinajstić information content (AvgIpc) is 2.72. The van der Waals surface area contributed by atoms with E-state index in [1.165, 1.54) is 5.56 Å². The lowest BCUT2D eigenvalue weighted by Crippen LogP contribution is -2.23. The highest BCUT2D eigenvalue weighted by atomic mass is 16.3. The smallest absolute Gasteiger partial charge is 0.165 e. The van der Waals surface area contributed by atoms with Gasteiger partial charge in [-0.1, -0.05) is 18.2 Å². The van der Waals surface area contributed by atoms with Gasteiger partial charge >= 0.3 is 0 Å². The Morgan fingerprint density at radius 3 is 2.50 bits per heavy atom. The molecule has 0 spiro atoms. The van der Waals surface area contributed by atoms with E-state index in [4.69, 9.17) is 9.97 Å². The maximum atomic E-state index is 10.3. The van der Waals surface area contributed by atoms with Crippen LogP contribution in [0.15, 0.2) is 67.0 Å². The molecule has 4 rings (SSSR count). The van der Waals surface area contributed by atoms with Crippen LogP contribution >= 0.6 is 0 Å². The number of fused-ring (bicyclic) bond motifs is 1. The Kier molecular flexibility index (Phi) is 4.89. The second kappa shape index (κ2) is 7.64. The van der Waals surface area contributed by atoms with Gasteiger partial charge < -0.3 is 10.0 Å². The first-order valence-corrected chi connectivity index (χ1v) is 9.36. The van der Waals surface area contributed by atoms with Crippen molar-refractivity contribution in [2.24, 2.45) is 0 Å². The minimum atomic E-state index is 0.178. The molecule has 140 valence electrons. The number of nitrogens with zero attached hydrogens (tertiary/aromatic N) is 4. The quantitative estimate of drug-likeness (QED) is 0.550. The number of aryl methyl sites for hydroxylation is 1. The standard InChI is InChI=1S/C23H22N4O/c1-3-27(15-17-10-12-24-13-11-17)23-18-9-8-16(2)14-20(18)25-22(26-23)19-6-4-5-7-21(19)28/h4-14,28H,3,15H2,1-2H3. The Morgan fingerprint density at radius 2 is 1.75 bits per heavy atom. The van der Waals surface area contributed by atoms with E-state index in [2.05, 4.69) is 41.9 Å². The van der Waals surface area contributed by atoms with Crippen LogP contribution in [0.5, 0.6) is 5.75 Å². The Hall–Kier alpha value is -3.47. The molecule has 0 radical (unpaired) electrons. The molecule has 0 amide bonds. The number of rotatable bonds is 5. The summed E-state index contributed by atoms with van der Waals surface area (Å²) in [6.45, 7) is 5.68. The van der Waals surface area contributed by atoms with Gasteiger partial charge in [-0.25, -0.2) is 9.97 Å². The summed E-state index contributed by atoms with van der Waals surface area (Å²) in [5.74, 6) is 1.57. The van der Waals surface area contributed by atoms with Crippen molar-refractivity contribution in [2.45, 2.75) is 20.4 Å². The summed E-state index contributed by atoms with van der Waals surface area (Å²) >= 11 is 0. The molecule has 4 aromatic rings. The zero-order chi connectivity index (χ0) is 19.5. The summed E-state index contributed by atoms with van der Waals surface area (Å²) in [6, 6.07) is 17.4. The number of aromatic nitrogens is 3. The maximum absolute atomic E-state index is 10.3. The first-order valence-electron chi connectivity index (χ1n) is 9.36. The summed E-state index contributed by atoms with van der Waals surface area (Å²) in [5, 5.41) is 11.3. The molecule has 0 saturated heterocycles. The van der Waals surface area contributed by atoms with Gasteiger partial charge in [0.2, 0.25) is 0 Å². The number of anilines is 1. The summed E-state index contributed by atoms with van der Waals surface area (Å²) in [6.07, 6.45) is 3.61. The summed E-state index contributed by atoms with van der Waals surface area (Å²) in [5.41, 5.74) is 3.81. The number of phenolic OH excluding ortho intramolecular Hbond substituents is 1. The van der Waals surface area contributed by atoms with Crippen LogP contribution in [0.1, 0.15) is 18.1 Å². The molecule has 2 heterocycles. The first-order chi connectivity index (χ1) is 13.7. The fourth-order valence-corrected chi connectivity index (χ4v) is 3.29. The third kappa shape index (κ3) is 3.51. The van der Waals surface area contributed by atoms with Crippen LogP contribution in [-0.4, -0.2) is 26.6 Å². The second-order valence-corrected chi connectivity index (χ2v) is 6.78. The van der Waals surface area contributed by atoms with E-state index >= 15 is 0 Å². The SMILES string of the molecule is CCN(Cc1ccncc1)c1nc(-c2ccccc2O)nc2cc(C)ccc12. The van der Waals surface area contributed by atoms with E-state index < -0.39 is 0 Å². The molecular formula is C23H22N4O. The number of hydrogen-bond donors (Lipinski definition) is 1. The average molecular weight is 370 g/mol. The molecule has 0 aliphatic heterocycles. The van der Waals surface area contributed by atoms with Gasteiger partial charge in [-0.2, -0.15) is 0 Å². The Bertz CT molecular complexity index is 1110. The second-order valence-electron chi connectivity index (χ2n) is 6.78. The summed E-state index contributed by atoms with van der Waals surface area (Å²) in [7, 11) is 0. The van der Waals surface area contributed by atoms with E-state index in [1.807, 2.05) is 24.3 Å². The van der Waals surface area contributed by atoms with E-state index in [1.54, 1.807) is 24.5 Å². The minimum Gasteiger partial charge on any atom is -0.507 e. The monoisotopic (exact) mass is 370 g/mol. The lowest BCUT2D eigenvalue weighted by Gasteiger charge is -2.24. The fourth-order valence-electron chi connectivity index (χ4n) is 3.29. The highest BCUT2D eigenvalue weighted by Gasteiger charge is 2.16. The number of phenols is 1. The van der Waals surface area contributed by atoms with Gasteiger partial charge in [-0.15, -0.1) is 0 Å². The molecule has 2 aromatic heterocycles. The highest BCUT2D eigenvalue weighted by molar-refractivity contribution is 5.91. The molecule has 0 atom stereocenters. The fraction of sp³-hybridized carbons (Fsp3) is 0.174. The molecular weight excluding hydrogens is 348 g/mol. The first kappa shape index (κ1) is 17.9. The van der Waals surface area contributed by atoms with Gasteiger partial charge in [0.15, 0.2) is 5.82 Å². The zero-order valence-corrected chi connectivity index (χ0v) is 16.0. The van der Waals surface area contributed by atoms with Crippen molar-refractivity contribution in [3.05, 3.63) is 78.1 Å².